The third-order valence-corrected chi connectivity index (χ3v) is 4.39. The summed E-state index contributed by atoms with van der Waals surface area (Å²) >= 11 is 0. The molecule has 0 radical (unpaired) electrons. The molecular weight excluding hydrogens is 447 g/mol. The maximum atomic E-state index is 11.4. The van der Waals surface area contributed by atoms with Crippen molar-refractivity contribution in [2.24, 2.45) is 4.99 Å². The molecule has 0 atom stereocenters. The predicted molar refractivity (Wildman–Crippen MR) is 108 cm³/mol. The number of hydrogen-bond donors (Lipinski definition) is 3. The molecule has 0 rings (SSSR count). The summed E-state index contributed by atoms with van der Waals surface area (Å²) in [4.78, 5) is 15.4. The Morgan fingerprint density at radius 2 is 1.62 bits per heavy atom. The number of aliphatic imine (C=N–C) groups is 1. The molecular formula is C14H31IN4O4S. The van der Waals surface area contributed by atoms with E-state index in [0.29, 0.717) is 32.0 Å². The van der Waals surface area contributed by atoms with Crippen molar-refractivity contribution in [3.8, 4) is 0 Å². The van der Waals surface area contributed by atoms with Gasteiger partial charge in [0.1, 0.15) is 5.60 Å². The number of nitrogens with one attached hydrogen (secondary N) is 3. The van der Waals surface area contributed by atoms with Gasteiger partial charge in [-0.2, -0.15) is 0 Å². The van der Waals surface area contributed by atoms with Gasteiger partial charge in [0.25, 0.3) is 0 Å². The molecule has 10 heteroatoms. The van der Waals surface area contributed by atoms with Crippen LogP contribution in [-0.4, -0.2) is 64.3 Å². The normalized spacial score (nSPS) is 12.1. The van der Waals surface area contributed by atoms with E-state index in [0.717, 1.165) is 0 Å². The maximum Gasteiger partial charge on any atom is 0.407 e. The number of guanidine groups is 1. The van der Waals surface area contributed by atoms with E-state index in [1.54, 1.807) is 14.0 Å². The fraction of sp³-hybridized carbons (Fsp3) is 0.857. The van der Waals surface area contributed by atoms with Crippen molar-refractivity contribution in [3.05, 3.63) is 0 Å². The lowest BCUT2D eigenvalue weighted by atomic mass is 10.2. The van der Waals surface area contributed by atoms with E-state index in [1.807, 2.05) is 20.8 Å². The Hall–Kier alpha value is -0.780. The first-order valence-electron chi connectivity index (χ1n) is 7.71. The van der Waals surface area contributed by atoms with E-state index in [1.165, 1.54) is 0 Å². The van der Waals surface area contributed by atoms with Gasteiger partial charge in [0.05, 0.1) is 5.75 Å². The van der Waals surface area contributed by atoms with Gasteiger partial charge in [0, 0.05) is 32.4 Å². The summed E-state index contributed by atoms with van der Waals surface area (Å²) in [5.41, 5.74) is -0.507. The molecule has 0 aromatic carbocycles. The van der Waals surface area contributed by atoms with Crippen molar-refractivity contribution in [1.82, 2.24) is 16.0 Å². The van der Waals surface area contributed by atoms with Crippen molar-refractivity contribution in [2.45, 2.75) is 39.7 Å². The SMILES string of the molecule is CCS(=O)(=O)CCNC(=NC)NCCCNC(=O)OC(C)(C)C.I. The van der Waals surface area contributed by atoms with Crippen molar-refractivity contribution in [2.75, 3.05) is 38.2 Å². The highest BCUT2D eigenvalue weighted by molar-refractivity contribution is 14.0. The van der Waals surface area contributed by atoms with Crippen LogP contribution in [0.2, 0.25) is 0 Å². The van der Waals surface area contributed by atoms with Gasteiger partial charge in [0.15, 0.2) is 15.8 Å². The Labute approximate surface area is 162 Å². The van der Waals surface area contributed by atoms with Crippen molar-refractivity contribution in [3.63, 3.8) is 0 Å². The molecule has 0 saturated carbocycles. The summed E-state index contributed by atoms with van der Waals surface area (Å²) in [6, 6.07) is 0. The monoisotopic (exact) mass is 478 g/mol. The summed E-state index contributed by atoms with van der Waals surface area (Å²) < 4.78 is 27.9. The molecule has 8 nitrogen and oxygen atoms in total. The van der Waals surface area contributed by atoms with Gasteiger partial charge in [-0.05, 0) is 27.2 Å². The summed E-state index contributed by atoms with van der Waals surface area (Å²) in [6.07, 6.45) is 0.248. The second-order valence-electron chi connectivity index (χ2n) is 5.94. The molecule has 0 bridgehead atoms. The second-order valence-corrected chi connectivity index (χ2v) is 8.42. The number of nitrogens with zero attached hydrogens (tertiary/aromatic N) is 1. The van der Waals surface area contributed by atoms with E-state index >= 15 is 0 Å². The van der Waals surface area contributed by atoms with Crippen LogP contribution >= 0.6 is 24.0 Å². The van der Waals surface area contributed by atoms with Gasteiger partial charge in [-0.1, -0.05) is 6.92 Å². The third kappa shape index (κ3) is 14.8. The van der Waals surface area contributed by atoms with Crippen LogP contribution in [0.15, 0.2) is 4.99 Å². The molecule has 0 aliphatic carbocycles. The Kier molecular flexibility index (Phi) is 13.3. The Bertz CT molecular complexity index is 489. The topological polar surface area (TPSA) is 109 Å². The molecule has 24 heavy (non-hydrogen) atoms. The first-order chi connectivity index (χ1) is 10.6. The van der Waals surface area contributed by atoms with Gasteiger partial charge < -0.3 is 20.7 Å². The van der Waals surface area contributed by atoms with Crippen LogP contribution in [0.25, 0.3) is 0 Å². The van der Waals surface area contributed by atoms with Crippen molar-refractivity contribution in [1.29, 1.82) is 0 Å². The lowest BCUT2D eigenvalue weighted by Crippen LogP contribution is -2.41. The Morgan fingerprint density at radius 1 is 1.08 bits per heavy atom. The minimum Gasteiger partial charge on any atom is -0.444 e. The zero-order chi connectivity index (χ0) is 17.9. The van der Waals surface area contributed by atoms with Gasteiger partial charge >= 0.3 is 6.09 Å². The molecule has 3 N–H and O–H groups in total. The minimum atomic E-state index is -2.98. The molecule has 0 aliphatic heterocycles. The van der Waals surface area contributed by atoms with Gasteiger partial charge in [0.2, 0.25) is 0 Å². The number of carbonyl (C=O) groups is 1. The van der Waals surface area contributed by atoms with Gasteiger partial charge in [-0.3, -0.25) is 4.99 Å². The molecule has 0 saturated heterocycles. The molecule has 0 fully saturated rings. The number of sulfone groups is 1. The van der Waals surface area contributed by atoms with Gasteiger partial charge in [-0.15, -0.1) is 24.0 Å². The van der Waals surface area contributed by atoms with Crippen molar-refractivity contribution < 1.29 is 17.9 Å². The van der Waals surface area contributed by atoms with Gasteiger partial charge in [-0.25, -0.2) is 13.2 Å². The van der Waals surface area contributed by atoms with E-state index in [9.17, 15) is 13.2 Å². The zero-order valence-corrected chi connectivity index (χ0v) is 18.3. The quantitative estimate of drug-likeness (QED) is 0.209. The van der Waals surface area contributed by atoms with E-state index in [4.69, 9.17) is 4.74 Å². The largest absolute Gasteiger partial charge is 0.444 e. The highest BCUT2D eigenvalue weighted by Crippen LogP contribution is 2.06. The summed E-state index contributed by atoms with van der Waals surface area (Å²) in [5, 5.41) is 8.65. The highest BCUT2D eigenvalue weighted by atomic mass is 127. The molecule has 0 unspecified atom stereocenters. The van der Waals surface area contributed by atoms with Crippen LogP contribution in [0.3, 0.4) is 0 Å². The number of halogens is 1. The molecule has 144 valence electrons. The average molecular weight is 478 g/mol. The average Bonchev–Trinajstić information content (AvgIpc) is 2.43. The highest BCUT2D eigenvalue weighted by Gasteiger charge is 2.15. The number of rotatable bonds is 8. The second kappa shape index (κ2) is 12.6. The van der Waals surface area contributed by atoms with Crippen LogP contribution in [0.1, 0.15) is 34.1 Å². The van der Waals surface area contributed by atoms with E-state index in [-0.39, 0.29) is 35.5 Å². The lowest BCUT2D eigenvalue weighted by Gasteiger charge is -2.19. The zero-order valence-electron chi connectivity index (χ0n) is 15.1. The van der Waals surface area contributed by atoms with E-state index in [2.05, 4.69) is 20.9 Å². The molecule has 0 heterocycles. The maximum absolute atomic E-state index is 11.4. The molecule has 0 aromatic rings. The summed E-state index contributed by atoms with van der Waals surface area (Å²) in [5.74, 6) is 0.745. The smallest absolute Gasteiger partial charge is 0.407 e. The summed E-state index contributed by atoms with van der Waals surface area (Å²) in [7, 11) is -1.37. The molecule has 0 spiro atoms. The first kappa shape index (κ1) is 25.5. The number of hydrogen-bond acceptors (Lipinski definition) is 5. The van der Waals surface area contributed by atoms with Crippen LogP contribution in [-0.2, 0) is 14.6 Å². The predicted octanol–water partition coefficient (Wildman–Crippen LogP) is 1.12. The molecule has 0 aromatic heterocycles. The number of alkyl carbamates (subject to hydrolysis) is 1. The molecule has 1 amide bonds. The van der Waals surface area contributed by atoms with Crippen LogP contribution in [0.5, 0.6) is 0 Å². The fourth-order valence-electron chi connectivity index (χ4n) is 1.49. The third-order valence-electron chi connectivity index (χ3n) is 2.68. The first-order valence-corrected chi connectivity index (χ1v) is 9.53. The van der Waals surface area contributed by atoms with Crippen LogP contribution in [0, 0.1) is 0 Å². The lowest BCUT2D eigenvalue weighted by molar-refractivity contribution is 0.0527. The Morgan fingerprint density at radius 3 is 2.12 bits per heavy atom. The van der Waals surface area contributed by atoms with Crippen LogP contribution in [0.4, 0.5) is 4.79 Å². The minimum absolute atomic E-state index is 0. The molecule has 0 aliphatic rings. The standard InChI is InChI=1S/C14H30N4O4S.HI/c1-6-23(20,21)11-10-17-12(15-5)16-8-7-9-18-13(19)22-14(2,3)4;/h6-11H2,1-5H3,(H,18,19)(H2,15,16,17);1H. The number of amides is 1. The van der Waals surface area contributed by atoms with Crippen molar-refractivity contribution >= 4 is 45.9 Å². The fourth-order valence-corrected chi connectivity index (χ4v) is 2.19. The number of ether oxygens (including phenoxy) is 1. The van der Waals surface area contributed by atoms with E-state index < -0.39 is 21.5 Å². The van der Waals surface area contributed by atoms with Crippen LogP contribution < -0.4 is 16.0 Å². The Balaban J connectivity index is 0. The number of carbonyl (C=O) groups excluding carboxylic acids is 1. The summed E-state index contributed by atoms with van der Waals surface area (Å²) in [6.45, 7) is 8.43.